The smallest absolute Gasteiger partial charge is 0.345 e. The summed E-state index contributed by atoms with van der Waals surface area (Å²) >= 11 is 0. The Balaban J connectivity index is 3.19. The van der Waals surface area contributed by atoms with Gasteiger partial charge in [0.25, 0.3) is 15.0 Å². The van der Waals surface area contributed by atoms with Crippen LogP contribution in [-0.2, 0) is 16.1 Å². The maximum Gasteiger partial charge on any atom is 0.406 e. The first-order chi connectivity index (χ1) is 9.33. The molecule has 1 amide bonds. The number of nitrogens with zero attached hydrogens (tertiary/aromatic N) is 2. The number of hydrogen-bond acceptors (Lipinski definition) is 3. The second kappa shape index (κ2) is 5.88. The largest absolute Gasteiger partial charge is 0.406 e. The number of carbonyl (C=O) groups is 1. The molecule has 1 aromatic heterocycles. The van der Waals surface area contributed by atoms with E-state index >= 15 is 0 Å². The summed E-state index contributed by atoms with van der Waals surface area (Å²) in [6.45, 7) is 1.45. The number of aromatic nitrogens is 1. The van der Waals surface area contributed by atoms with Crippen LogP contribution in [0.25, 0.3) is 0 Å². The van der Waals surface area contributed by atoms with E-state index in [-0.39, 0.29) is 10.6 Å². The third kappa shape index (κ3) is 4.63. The summed E-state index contributed by atoms with van der Waals surface area (Å²) in [5.74, 6) is -0.920. The number of aryl methyl sites for hydroxylation is 1. The van der Waals surface area contributed by atoms with Crippen molar-refractivity contribution in [2.45, 2.75) is 31.0 Å². The number of amides is 1. The number of alkyl halides is 3. The minimum atomic E-state index is -4.55. The van der Waals surface area contributed by atoms with Crippen LogP contribution in [0.15, 0.2) is 17.2 Å². The van der Waals surface area contributed by atoms with E-state index in [2.05, 4.69) is 0 Å². The number of halogens is 4. The molecule has 120 valence electrons. The maximum absolute atomic E-state index is 12.5. The molecule has 1 aromatic rings. The van der Waals surface area contributed by atoms with Gasteiger partial charge in [-0.2, -0.15) is 13.2 Å². The van der Waals surface area contributed by atoms with Gasteiger partial charge < -0.3 is 9.47 Å². The molecule has 0 aliphatic heterocycles. The zero-order chi connectivity index (χ0) is 16.6. The predicted molar refractivity (Wildman–Crippen MR) is 70.7 cm³/mol. The first-order valence-electron chi connectivity index (χ1n) is 5.81. The fourth-order valence-electron chi connectivity index (χ4n) is 1.71. The van der Waals surface area contributed by atoms with Gasteiger partial charge in [0.15, 0.2) is 0 Å². The zero-order valence-corrected chi connectivity index (χ0v) is 13.1. The first kappa shape index (κ1) is 17.8. The molecule has 1 heterocycles. The molecule has 0 fully saturated rings. The van der Waals surface area contributed by atoms with Gasteiger partial charge in [-0.1, -0.05) is 0 Å². The number of carbonyl (C=O) groups excluding carboxylic acids is 1. The van der Waals surface area contributed by atoms with Crippen LogP contribution >= 0.6 is 10.7 Å². The SMILES string of the molecule is CC(C)N(CC(F)(F)F)C(=O)c1cc(S(=O)(=O)Cl)cn1C. The van der Waals surface area contributed by atoms with Crippen molar-refractivity contribution in [1.82, 2.24) is 9.47 Å². The summed E-state index contributed by atoms with van der Waals surface area (Å²) in [5, 5.41) is 0. The van der Waals surface area contributed by atoms with Gasteiger partial charge in [0.1, 0.15) is 17.1 Å². The van der Waals surface area contributed by atoms with E-state index in [9.17, 15) is 26.4 Å². The van der Waals surface area contributed by atoms with Crippen LogP contribution in [0.2, 0.25) is 0 Å². The van der Waals surface area contributed by atoms with Gasteiger partial charge in [-0.05, 0) is 19.9 Å². The van der Waals surface area contributed by atoms with Crippen molar-refractivity contribution in [1.29, 1.82) is 0 Å². The summed E-state index contributed by atoms with van der Waals surface area (Å²) in [6, 6.07) is 0.251. The van der Waals surface area contributed by atoms with E-state index in [0.29, 0.717) is 4.90 Å². The molecule has 0 aromatic carbocycles. The highest BCUT2D eigenvalue weighted by Crippen LogP contribution is 2.22. The van der Waals surface area contributed by atoms with Gasteiger partial charge in [-0.25, -0.2) is 8.42 Å². The molecular formula is C11H14ClF3N2O3S. The molecule has 0 saturated carbocycles. The quantitative estimate of drug-likeness (QED) is 0.786. The van der Waals surface area contributed by atoms with Gasteiger partial charge in [0.05, 0.1) is 0 Å². The van der Waals surface area contributed by atoms with Crippen LogP contribution < -0.4 is 0 Å². The minimum absolute atomic E-state index is 0.188. The summed E-state index contributed by atoms with van der Waals surface area (Å²) in [7, 11) is 2.44. The number of rotatable bonds is 4. The second-order valence-electron chi connectivity index (χ2n) is 4.75. The standard InChI is InChI=1S/C11H14ClF3N2O3S/c1-7(2)17(6-11(13,14)15)10(18)9-4-8(5-16(9)3)21(12,19)20/h4-5,7H,6H2,1-3H3. The third-order valence-electron chi connectivity index (χ3n) is 2.71. The minimum Gasteiger partial charge on any atom is -0.345 e. The summed E-state index contributed by atoms with van der Waals surface area (Å²) in [5.41, 5.74) is -0.188. The van der Waals surface area contributed by atoms with Crippen LogP contribution in [0.1, 0.15) is 24.3 Å². The van der Waals surface area contributed by atoms with Gasteiger partial charge in [0, 0.05) is 30.0 Å². The van der Waals surface area contributed by atoms with Crippen LogP contribution in [0, 0.1) is 0 Å². The zero-order valence-electron chi connectivity index (χ0n) is 11.5. The highest BCUT2D eigenvalue weighted by atomic mass is 35.7. The molecule has 0 aliphatic carbocycles. The summed E-state index contributed by atoms with van der Waals surface area (Å²) in [4.78, 5) is 12.5. The lowest BCUT2D eigenvalue weighted by molar-refractivity contribution is -0.143. The Hall–Kier alpha value is -1.22. The van der Waals surface area contributed by atoms with E-state index in [0.717, 1.165) is 16.8 Å². The lowest BCUT2D eigenvalue weighted by Crippen LogP contribution is -2.43. The van der Waals surface area contributed by atoms with E-state index in [1.165, 1.54) is 20.9 Å². The van der Waals surface area contributed by atoms with Crippen LogP contribution in [0.3, 0.4) is 0 Å². The molecule has 0 spiro atoms. The fourth-order valence-corrected chi connectivity index (χ4v) is 2.50. The number of hydrogen-bond donors (Lipinski definition) is 0. The van der Waals surface area contributed by atoms with Crippen molar-refractivity contribution < 1.29 is 26.4 Å². The maximum atomic E-state index is 12.5. The van der Waals surface area contributed by atoms with E-state index in [1.54, 1.807) is 0 Å². The Labute approximate surface area is 124 Å². The van der Waals surface area contributed by atoms with Crippen molar-refractivity contribution in [3.05, 3.63) is 18.0 Å². The van der Waals surface area contributed by atoms with E-state index < -0.39 is 33.7 Å². The lowest BCUT2D eigenvalue weighted by atomic mass is 10.2. The molecular weight excluding hydrogens is 333 g/mol. The fraction of sp³-hybridized carbons (Fsp3) is 0.545. The summed E-state index contributed by atoms with van der Waals surface area (Å²) < 4.78 is 61.1. The molecule has 21 heavy (non-hydrogen) atoms. The topological polar surface area (TPSA) is 59.4 Å². The molecule has 5 nitrogen and oxygen atoms in total. The van der Waals surface area contributed by atoms with Crippen LogP contribution in [0.4, 0.5) is 13.2 Å². The van der Waals surface area contributed by atoms with Gasteiger partial charge in [0.2, 0.25) is 0 Å². The predicted octanol–water partition coefficient (Wildman–Crippen LogP) is 2.37. The van der Waals surface area contributed by atoms with E-state index in [4.69, 9.17) is 10.7 Å². The molecule has 0 saturated heterocycles. The Bertz CT molecular complexity index is 638. The highest BCUT2D eigenvalue weighted by Gasteiger charge is 2.35. The Morgan fingerprint density at radius 3 is 2.29 bits per heavy atom. The van der Waals surface area contributed by atoms with Crippen molar-refractivity contribution in [3.8, 4) is 0 Å². The highest BCUT2D eigenvalue weighted by molar-refractivity contribution is 8.13. The Morgan fingerprint density at radius 2 is 1.95 bits per heavy atom. The molecule has 0 atom stereocenters. The molecule has 0 N–H and O–H groups in total. The first-order valence-corrected chi connectivity index (χ1v) is 8.12. The molecule has 0 unspecified atom stereocenters. The monoisotopic (exact) mass is 346 g/mol. The van der Waals surface area contributed by atoms with Crippen LogP contribution in [0.5, 0.6) is 0 Å². The van der Waals surface area contributed by atoms with Crippen LogP contribution in [-0.4, -0.2) is 42.6 Å². The van der Waals surface area contributed by atoms with Crippen molar-refractivity contribution in [2.24, 2.45) is 7.05 Å². The average molecular weight is 347 g/mol. The van der Waals surface area contributed by atoms with Gasteiger partial charge >= 0.3 is 6.18 Å². The van der Waals surface area contributed by atoms with Crippen molar-refractivity contribution >= 4 is 25.6 Å². The Kier molecular flexibility index (Phi) is 4.99. The lowest BCUT2D eigenvalue weighted by Gasteiger charge is -2.27. The normalized spacial score (nSPS) is 12.8. The summed E-state index contributed by atoms with van der Waals surface area (Å²) in [6.07, 6.45) is -3.48. The molecule has 0 aliphatic rings. The van der Waals surface area contributed by atoms with Gasteiger partial charge in [-0.3, -0.25) is 4.79 Å². The average Bonchev–Trinajstić information content (AvgIpc) is 2.65. The van der Waals surface area contributed by atoms with Crippen molar-refractivity contribution in [2.75, 3.05) is 6.54 Å². The van der Waals surface area contributed by atoms with Gasteiger partial charge in [-0.15, -0.1) is 0 Å². The molecule has 1 rings (SSSR count). The van der Waals surface area contributed by atoms with Crippen molar-refractivity contribution in [3.63, 3.8) is 0 Å². The molecule has 0 bridgehead atoms. The Morgan fingerprint density at radius 1 is 1.43 bits per heavy atom. The second-order valence-corrected chi connectivity index (χ2v) is 7.32. The third-order valence-corrected chi connectivity index (χ3v) is 4.04. The molecule has 0 radical (unpaired) electrons. The van der Waals surface area contributed by atoms with E-state index in [1.807, 2.05) is 0 Å². The molecule has 10 heteroatoms.